The van der Waals surface area contributed by atoms with Crippen LogP contribution in [0, 0.1) is 5.82 Å². The average Bonchev–Trinajstić information content (AvgIpc) is 2.64. The van der Waals surface area contributed by atoms with Crippen molar-refractivity contribution in [2.45, 2.75) is 12.1 Å². The van der Waals surface area contributed by atoms with Crippen LogP contribution >= 0.6 is 12.4 Å². The van der Waals surface area contributed by atoms with Crippen molar-refractivity contribution in [3.63, 3.8) is 0 Å². The first-order valence-electron chi connectivity index (χ1n) is 8.20. The molecule has 1 aliphatic rings. The molecular weight excluding hydrogens is 341 g/mol. The predicted molar refractivity (Wildman–Crippen MR) is 101 cm³/mol. The molecule has 2 atom stereocenters. The van der Waals surface area contributed by atoms with Gasteiger partial charge in [-0.25, -0.2) is 4.39 Å². The van der Waals surface area contributed by atoms with Gasteiger partial charge >= 0.3 is 0 Å². The first-order chi connectivity index (χ1) is 11.7. The standard InChI is InChI=1S/C19H22FN3O.ClH/c20-16-8-4-5-9-18(16)22-10-12-23(13-11-22)19(17(21)14-24)15-6-2-1-3-7-15;/h1-9,14,17,19H,10-13,21H2;1H. The summed E-state index contributed by atoms with van der Waals surface area (Å²) in [5.41, 5.74) is 7.74. The van der Waals surface area contributed by atoms with Gasteiger partial charge in [0.15, 0.2) is 0 Å². The summed E-state index contributed by atoms with van der Waals surface area (Å²) in [4.78, 5) is 15.5. The van der Waals surface area contributed by atoms with Crippen LogP contribution in [0.25, 0.3) is 0 Å². The minimum absolute atomic E-state index is 0. The summed E-state index contributed by atoms with van der Waals surface area (Å²) in [6, 6.07) is 16.0. The SMILES string of the molecule is Cl.NC(C=O)C(c1ccccc1)N1CCN(c2ccccc2F)CC1. The highest BCUT2D eigenvalue weighted by Crippen LogP contribution is 2.26. The number of nitrogens with two attached hydrogens (primary N) is 1. The Hall–Kier alpha value is -1.95. The molecular formula is C19H23ClFN3O. The minimum atomic E-state index is -0.576. The van der Waals surface area contributed by atoms with Gasteiger partial charge in [-0.05, 0) is 17.7 Å². The second-order valence-corrected chi connectivity index (χ2v) is 6.04. The lowest BCUT2D eigenvalue weighted by molar-refractivity contribution is -0.110. The molecule has 3 rings (SSSR count). The van der Waals surface area contributed by atoms with Crippen LogP contribution in [0.5, 0.6) is 0 Å². The molecule has 2 unspecified atom stereocenters. The highest BCUT2D eigenvalue weighted by molar-refractivity contribution is 5.85. The van der Waals surface area contributed by atoms with E-state index in [4.69, 9.17) is 5.73 Å². The Morgan fingerprint density at radius 3 is 2.16 bits per heavy atom. The van der Waals surface area contributed by atoms with E-state index in [2.05, 4.69) is 4.90 Å². The number of hydrogen-bond acceptors (Lipinski definition) is 4. The lowest BCUT2D eigenvalue weighted by atomic mass is 9.98. The van der Waals surface area contributed by atoms with Gasteiger partial charge in [0.1, 0.15) is 12.1 Å². The van der Waals surface area contributed by atoms with Gasteiger partial charge in [-0.3, -0.25) is 4.90 Å². The van der Waals surface area contributed by atoms with E-state index < -0.39 is 6.04 Å². The topological polar surface area (TPSA) is 49.6 Å². The normalized spacial score (nSPS) is 17.4. The Morgan fingerprint density at radius 1 is 0.960 bits per heavy atom. The van der Waals surface area contributed by atoms with Crippen LogP contribution in [-0.4, -0.2) is 43.4 Å². The number of piperazine rings is 1. The van der Waals surface area contributed by atoms with Crippen LogP contribution < -0.4 is 10.6 Å². The third kappa shape index (κ3) is 4.37. The number of halogens is 2. The van der Waals surface area contributed by atoms with Crippen LogP contribution in [-0.2, 0) is 4.79 Å². The van der Waals surface area contributed by atoms with Crippen LogP contribution in [0.2, 0.25) is 0 Å². The van der Waals surface area contributed by atoms with Crippen LogP contribution in [0.1, 0.15) is 11.6 Å². The summed E-state index contributed by atoms with van der Waals surface area (Å²) in [7, 11) is 0. The van der Waals surface area contributed by atoms with Crippen molar-refractivity contribution in [3.8, 4) is 0 Å². The van der Waals surface area contributed by atoms with Gasteiger partial charge in [-0.1, -0.05) is 42.5 Å². The zero-order chi connectivity index (χ0) is 16.9. The van der Waals surface area contributed by atoms with Gasteiger partial charge in [-0.15, -0.1) is 12.4 Å². The molecule has 134 valence electrons. The smallest absolute Gasteiger partial charge is 0.146 e. The van der Waals surface area contributed by atoms with E-state index >= 15 is 0 Å². The summed E-state index contributed by atoms with van der Waals surface area (Å²) in [5, 5.41) is 0. The molecule has 0 saturated carbocycles. The highest BCUT2D eigenvalue weighted by Gasteiger charge is 2.29. The number of carbonyl (C=O) groups is 1. The quantitative estimate of drug-likeness (QED) is 0.830. The Morgan fingerprint density at radius 2 is 1.56 bits per heavy atom. The maximum Gasteiger partial charge on any atom is 0.146 e. The molecule has 0 aliphatic carbocycles. The van der Waals surface area contributed by atoms with Gasteiger partial charge in [0, 0.05) is 26.2 Å². The van der Waals surface area contributed by atoms with Crippen molar-refractivity contribution in [2.75, 3.05) is 31.1 Å². The van der Waals surface area contributed by atoms with E-state index in [9.17, 15) is 9.18 Å². The number of para-hydroxylation sites is 1. The van der Waals surface area contributed by atoms with E-state index in [1.807, 2.05) is 41.3 Å². The van der Waals surface area contributed by atoms with Crippen molar-refractivity contribution >= 4 is 24.4 Å². The largest absolute Gasteiger partial charge is 0.367 e. The molecule has 1 aliphatic heterocycles. The molecule has 4 nitrogen and oxygen atoms in total. The summed E-state index contributed by atoms with van der Waals surface area (Å²) in [6.07, 6.45) is 0.806. The molecule has 2 N–H and O–H groups in total. The van der Waals surface area contributed by atoms with Gasteiger partial charge in [0.05, 0.1) is 17.8 Å². The minimum Gasteiger partial charge on any atom is -0.367 e. The fourth-order valence-electron chi connectivity index (χ4n) is 3.35. The maximum absolute atomic E-state index is 14.0. The second kappa shape index (κ2) is 8.94. The number of anilines is 1. The summed E-state index contributed by atoms with van der Waals surface area (Å²) < 4.78 is 14.0. The zero-order valence-corrected chi connectivity index (χ0v) is 14.7. The van der Waals surface area contributed by atoms with Gasteiger partial charge < -0.3 is 15.4 Å². The third-order valence-corrected chi connectivity index (χ3v) is 4.56. The second-order valence-electron chi connectivity index (χ2n) is 6.04. The van der Waals surface area contributed by atoms with Crippen molar-refractivity contribution < 1.29 is 9.18 Å². The summed E-state index contributed by atoms with van der Waals surface area (Å²) >= 11 is 0. The van der Waals surface area contributed by atoms with Crippen molar-refractivity contribution in [1.29, 1.82) is 0 Å². The van der Waals surface area contributed by atoms with Crippen LogP contribution in [0.15, 0.2) is 54.6 Å². The first kappa shape index (κ1) is 19.4. The molecule has 1 saturated heterocycles. The number of aldehydes is 1. The Bertz CT molecular complexity index is 677. The first-order valence-corrected chi connectivity index (χ1v) is 8.20. The lowest BCUT2D eigenvalue weighted by Crippen LogP contribution is -2.52. The van der Waals surface area contributed by atoms with E-state index in [-0.39, 0.29) is 24.3 Å². The van der Waals surface area contributed by atoms with Crippen molar-refractivity contribution in [2.24, 2.45) is 5.73 Å². The molecule has 1 fully saturated rings. The molecule has 1 heterocycles. The molecule has 0 spiro atoms. The lowest BCUT2D eigenvalue weighted by Gasteiger charge is -2.41. The Labute approximate surface area is 153 Å². The highest BCUT2D eigenvalue weighted by atomic mass is 35.5. The molecule has 2 aromatic carbocycles. The van der Waals surface area contributed by atoms with E-state index in [1.165, 1.54) is 6.07 Å². The van der Waals surface area contributed by atoms with Crippen molar-refractivity contribution in [3.05, 3.63) is 66.0 Å². The molecule has 0 radical (unpaired) electrons. The fraction of sp³-hybridized carbons (Fsp3) is 0.316. The van der Waals surface area contributed by atoms with Crippen molar-refractivity contribution in [1.82, 2.24) is 4.90 Å². The van der Waals surface area contributed by atoms with Gasteiger partial charge in [0.2, 0.25) is 0 Å². The number of hydrogen-bond donors (Lipinski definition) is 1. The number of benzene rings is 2. The molecule has 25 heavy (non-hydrogen) atoms. The third-order valence-electron chi connectivity index (χ3n) is 4.56. The van der Waals surface area contributed by atoms with Gasteiger partial charge in [0.25, 0.3) is 0 Å². The summed E-state index contributed by atoms with van der Waals surface area (Å²) in [6.45, 7) is 2.87. The number of carbonyl (C=O) groups excluding carboxylic acids is 1. The molecule has 2 aromatic rings. The number of rotatable bonds is 5. The maximum atomic E-state index is 14.0. The number of nitrogens with zero attached hydrogens (tertiary/aromatic N) is 2. The molecule has 0 aromatic heterocycles. The molecule has 6 heteroatoms. The van der Waals surface area contributed by atoms with E-state index in [1.54, 1.807) is 12.1 Å². The fourth-order valence-corrected chi connectivity index (χ4v) is 3.35. The Kier molecular flexibility index (Phi) is 6.93. The zero-order valence-electron chi connectivity index (χ0n) is 13.9. The summed E-state index contributed by atoms with van der Waals surface area (Å²) in [5.74, 6) is -0.199. The van der Waals surface area contributed by atoms with Crippen LogP contribution in [0.4, 0.5) is 10.1 Å². The molecule has 0 amide bonds. The van der Waals surface area contributed by atoms with Crippen LogP contribution in [0.3, 0.4) is 0 Å². The predicted octanol–water partition coefficient (Wildman–Crippen LogP) is 2.64. The van der Waals surface area contributed by atoms with E-state index in [0.717, 1.165) is 24.9 Å². The molecule has 0 bridgehead atoms. The van der Waals surface area contributed by atoms with E-state index in [0.29, 0.717) is 18.8 Å². The monoisotopic (exact) mass is 363 g/mol. The average molecular weight is 364 g/mol. The Balaban J connectivity index is 0.00000225. The van der Waals surface area contributed by atoms with Gasteiger partial charge in [-0.2, -0.15) is 0 Å².